The molecule has 0 aliphatic rings. The second-order valence-corrected chi connectivity index (χ2v) is 0.981. The van der Waals surface area contributed by atoms with Crippen molar-refractivity contribution in [2.75, 3.05) is 0 Å². The first kappa shape index (κ1) is 22.4. The summed E-state index contributed by atoms with van der Waals surface area (Å²) >= 11 is -3.69. The van der Waals surface area contributed by atoms with Crippen LogP contribution >= 0.6 is 0 Å². The molecule has 0 aromatic carbocycles. The maximum Gasteiger partial charge on any atom is 0 e. The van der Waals surface area contributed by atoms with Gasteiger partial charge in [0.15, 0.2) is 0 Å². The zero-order chi connectivity index (χ0) is 3.58. The quantitative estimate of drug-likeness (QED) is 0.517. The van der Waals surface area contributed by atoms with Crippen molar-refractivity contribution >= 4 is 37.7 Å². The maximum atomic E-state index is 8.67. The molecular weight excluding hydrogens is 367 g/mol. The standard InChI is InChI=1S/Ca.La.H2O.2O.V.Y.2H/h;;1H2;;;;;;/q;;;;;+1;;;/p-1. The Morgan fingerprint density at radius 3 is 1.29 bits per heavy atom. The Kier molecular flexibility index (Phi) is 52.4. The van der Waals surface area contributed by atoms with E-state index in [-0.39, 0.29) is 106 Å². The molecule has 0 fully saturated rings. The third-order valence-corrected chi connectivity index (χ3v) is 0. The maximum absolute atomic E-state index is 8.67. The largest absolute Gasteiger partial charge is 0 e. The molecule has 0 spiro atoms. The van der Waals surface area contributed by atoms with Crippen molar-refractivity contribution in [2.24, 2.45) is 0 Å². The van der Waals surface area contributed by atoms with Crippen molar-refractivity contribution in [3.63, 3.8) is 0 Å². The number of rotatable bonds is 0. The predicted molar refractivity (Wildman–Crippen MR) is 12.1 cm³/mol. The molecule has 0 aromatic rings. The molecule has 0 atom stereocenters. The first-order valence-electron chi connectivity index (χ1n) is 0.565. The zero-order valence-corrected chi connectivity index (χ0v) is 10.7. The number of hydrogen-bond donors (Lipinski definition) is 1. The summed E-state index contributed by atoms with van der Waals surface area (Å²) in [6, 6.07) is 0. The summed E-state index contributed by atoms with van der Waals surface area (Å²) in [6.45, 7) is 0. The van der Waals surface area contributed by atoms with E-state index in [0.29, 0.717) is 0 Å². The van der Waals surface area contributed by atoms with Gasteiger partial charge in [-0.3, -0.25) is 0 Å². The van der Waals surface area contributed by atoms with E-state index in [4.69, 9.17) is 11.4 Å². The average molecular weight is 370 g/mol. The van der Waals surface area contributed by atoms with Crippen LogP contribution in [0.4, 0.5) is 0 Å². The molecule has 0 unspecified atom stereocenters. The molecule has 0 aromatic heterocycles. The van der Waals surface area contributed by atoms with Gasteiger partial charge >= 0.3 is 64.5 Å². The van der Waals surface area contributed by atoms with Gasteiger partial charge < -0.3 is 0 Å². The third-order valence-electron chi connectivity index (χ3n) is 0. The van der Waals surface area contributed by atoms with Crippen molar-refractivity contribution in [3.8, 4) is 0 Å². The molecular formula is H3CaLaO3VY. The van der Waals surface area contributed by atoms with Gasteiger partial charge in [0.05, 0.1) is 0 Å². The molecule has 3 nitrogen and oxygen atoms in total. The van der Waals surface area contributed by atoms with Gasteiger partial charge in [-0.25, -0.2) is 0 Å². The molecule has 0 aliphatic heterocycles. The minimum atomic E-state index is -3.69. The second-order valence-electron chi connectivity index (χ2n) is 0.238. The summed E-state index contributed by atoms with van der Waals surface area (Å²) in [6.07, 6.45) is 0. The SMILES string of the molecule is [CaH2].[La].[O]=[V](=[O])[OH].[Y]. The van der Waals surface area contributed by atoms with Gasteiger partial charge in [-0.05, 0) is 0 Å². The van der Waals surface area contributed by atoms with Crippen LogP contribution in [0.3, 0.4) is 0 Å². The van der Waals surface area contributed by atoms with Crippen LogP contribution in [0.5, 0.6) is 0 Å². The van der Waals surface area contributed by atoms with Crippen LogP contribution in [0, 0.1) is 35.6 Å². The van der Waals surface area contributed by atoms with E-state index >= 15 is 0 Å². The van der Waals surface area contributed by atoms with Gasteiger partial charge in [-0.15, -0.1) is 0 Å². The van der Waals surface area contributed by atoms with E-state index in [2.05, 4.69) is 0 Å². The van der Waals surface area contributed by atoms with Crippen LogP contribution < -0.4 is 0 Å². The fourth-order valence-electron chi connectivity index (χ4n) is 0. The minimum absolute atomic E-state index is 0. The van der Waals surface area contributed by atoms with Crippen molar-refractivity contribution in [3.05, 3.63) is 0 Å². The fourth-order valence-corrected chi connectivity index (χ4v) is 0. The van der Waals surface area contributed by atoms with E-state index in [1.807, 2.05) is 0 Å². The molecule has 1 N–H and O–H groups in total. The van der Waals surface area contributed by atoms with Crippen molar-refractivity contribution in [2.45, 2.75) is 0 Å². The molecule has 0 amide bonds. The zero-order valence-electron chi connectivity index (χ0n) is 2.87. The van der Waals surface area contributed by atoms with Crippen LogP contribution in [0.2, 0.25) is 0 Å². The summed E-state index contributed by atoms with van der Waals surface area (Å²) in [5.41, 5.74) is 0. The van der Waals surface area contributed by atoms with Gasteiger partial charge in [0, 0.05) is 68.3 Å². The summed E-state index contributed by atoms with van der Waals surface area (Å²) in [5, 5.41) is 0. The van der Waals surface area contributed by atoms with Crippen LogP contribution in [0.25, 0.3) is 0 Å². The van der Waals surface area contributed by atoms with Crippen molar-refractivity contribution < 1.29 is 95.1 Å². The third kappa shape index (κ3) is 42.0. The van der Waals surface area contributed by atoms with Gasteiger partial charge in [0.2, 0.25) is 0 Å². The molecule has 0 saturated heterocycles. The first-order valence-corrected chi connectivity index (χ1v) is 2.33. The molecule has 7 heavy (non-hydrogen) atoms. The molecule has 0 aliphatic carbocycles. The molecule has 0 heterocycles. The van der Waals surface area contributed by atoms with E-state index in [9.17, 15) is 0 Å². The predicted octanol–water partition coefficient (Wildman–Crippen LogP) is -1.72. The first-order chi connectivity index (χ1) is 1.73. The van der Waals surface area contributed by atoms with Crippen LogP contribution in [0.1, 0.15) is 0 Å². The average Bonchev–Trinajstić information content (AvgIpc) is 0.811. The van der Waals surface area contributed by atoms with E-state index in [1.165, 1.54) is 0 Å². The Hall–Kier alpha value is 3.70. The minimum Gasteiger partial charge on any atom is 0 e. The number of hydrogen-bond acceptors (Lipinski definition) is 2. The topological polar surface area (TPSA) is 54.4 Å². The smallest absolute Gasteiger partial charge is 0 e. The molecule has 0 saturated carbocycles. The van der Waals surface area contributed by atoms with E-state index in [0.717, 1.165) is 0 Å². The van der Waals surface area contributed by atoms with Crippen LogP contribution in [-0.4, -0.2) is 41.8 Å². The molecule has 2 radical (unpaired) electrons. The van der Waals surface area contributed by atoms with Crippen molar-refractivity contribution in [1.29, 1.82) is 0 Å². The van der Waals surface area contributed by atoms with Crippen LogP contribution in [0.15, 0.2) is 0 Å². The summed E-state index contributed by atoms with van der Waals surface area (Å²) < 4.78 is 24.4. The Morgan fingerprint density at radius 2 is 1.29 bits per heavy atom. The molecule has 34 valence electrons. The molecule has 7 heteroatoms. The molecule has 0 rings (SSSR count). The van der Waals surface area contributed by atoms with Crippen molar-refractivity contribution in [1.82, 2.24) is 0 Å². The molecule has 0 bridgehead atoms. The van der Waals surface area contributed by atoms with Gasteiger partial charge in [0.25, 0.3) is 0 Å². The Balaban J connectivity index is -0.0000000150. The summed E-state index contributed by atoms with van der Waals surface area (Å²) in [5.74, 6) is 0. The fraction of sp³-hybridized carbons (Fsp3) is 0. The summed E-state index contributed by atoms with van der Waals surface area (Å²) in [4.78, 5) is 0. The summed E-state index contributed by atoms with van der Waals surface area (Å²) in [7, 11) is 0. The van der Waals surface area contributed by atoms with Crippen LogP contribution in [-0.2, 0) is 55.5 Å². The Bertz CT molecular complexity index is 63.3. The normalized spacial score (nSPS) is 3.57. The van der Waals surface area contributed by atoms with Gasteiger partial charge in [0.1, 0.15) is 0 Å². The second kappa shape index (κ2) is 16.4. The monoisotopic (exact) mass is 370 g/mol. The Morgan fingerprint density at radius 1 is 1.29 bits per heavy atom. The van der Waals surface area contributed by atoms with E-state index < -0.39 is 15.4 Å². The van der Waals surface area contributed by atoms with E-state index in [1.54, 1.807) is 0 Å². The van der Waals surface area contributed by atoms with Gasteiger partial charge in [-0.2, -0.15) is 0 Å². The Labute approximate surface area is 129 Å². The van der Waals surface area contributed by atoms with Gasteiger partial charge in [-0.1, -0.05) is 0 Å².